The summed E-state index contributed by atoms with van der Waals surface area (Å²) in [4.78, 5) is 0. The Bertz CT molecular complexity index is 791. The van der Waals surface area contributed by atoms with Crippen molar-refractivity contribution in [3.8, 4) is 6.07 Å². The van der Waals surface area contributed by atoms with Crippen molar-refractivity contribution in [2.24, 2.45) is 5.73 Å². The van der Waals surface area contributed by atoms with Gasteiger partial charge >= 0.3 is 0 Å². The number of anilines is 1. The minimum absolute atomic E-state index is 0.286. The van der Waals surface area contributed by atoms with Gasteiger partial charge in [-0.3, -0.25) is 5.10 Å². The van der Waals surface area contributed by atoms with Crippen LogP contribution in [0.1, 0.15) is 30.9 Å². The van der Waals surface area contributed by atoms with Crippen molar-refractivity contribution in [1.82, 2.24) is 10.2 Å². The van der Waals surface area contributed by atoms with E-state index in [1.807, 2.05) is 38.1 Å². The van der Waals surface area contributed by atoms with E-state index in [1.165, 1.54) is 0 Å². The van der Waals surface area contributed by atoms with Gasteiger partial charge in [-0.05, 0) is 25.5 Å². The molecule has 0 bridgehead atoms. The van der Waals surface area contributed by atoms with Crippen LogP contribution < -0.4 is 11.1 Å². The molecule has 0 spiro atoms. The van der Waals surface area contributed by atoms with Gasteiger partial charge in [-0.2, -0.15) is 10.4 Å². The predicted molar refractivity (Wildman–Crippen MR) is 86.4 cm³/mol. The monoisotopic (exact) mass is 313 g/mol. The largest absolute Gasteiger partial charge is 0.341 e. The number of fused-ring (bicyclic) bond motifs is 1. The quantitative estimate of drug-likeness (QED) is 0.794. The number of rotatable bonds is 2. The number of nitrogens with one attached hydrogen (secondary N) is 2. The molecule has 0 saturated heterocycles. The van der Waals surface area contributed by atoms with Crippen molar-refractivity contribution in [2.75, 3.05) is 5.32 Å². The molecule has 3 rings (SSSR count). The highest BCUT2D eigenvalue weighted by molar-refractivity contribution is 6.31. The summed E-state index contributed by atoms with van der Waals surface area (Å²) in [5.41, 5.74) is 8.55. The number of H-pyrrole nitrogens is 1. The van der Waals surface area contributed by atoms with Gasteiger partial charge < -0.3 is 11.1 Å². The molecule has 1 unspecified atom stereocenters. The smallest absolute Gasteiger partial charge is 0.129 e. The standard InChI is InChI=1S/C16H16ClN5/c1-16(2,19)14-10(7-18)13(9-5-3-4-6-12(9)17)11-8-20-22-15(11)21-14/h3-6,8,13H,19H2,1-2H3,(H2,20,21,22). The van der Waals surface area contributed by atoms with Gasteiger partial charge in [0, 0.05) is 10.6 Å². The number of nitrogens with zero attached hydrogens (tertiary/aromatic N) is 2. The number of benzene rings is 1. The molecular formula is C16H16ClN5. The van der Waals surface area contributed by atoms with E-state index in [4.69, 9.17) is 17.3 Å². The van der Waals surface area contributed by atoms with E-state index in [-0.39, 0.29) is 5.92 Å². The molecule has 2 aromatic rings. The topological polar surface area (TPSA) is 90.5 Å². The Morgan fingerprint density at radius 2 is 2.05 bits per heavy atom. The molecule has 22 heavy (non-hydrogen) atoms. The zero-order valence-electron chi connectivity index (χ0n) is 12.3. The van der Waals surface area contributed by atoms with Crippen LogP contribution in [-0.4, -0.2) is 15.7 Å². The van der Waals surface area contributed by atoms with Gasteiger partial charge in [0.1, 0.15) is 5.82 Å². The van der Waals surface area contributed by atoms with Crippen LogP contribution in [0.15, 0.2) is 41.7 Å². The molecule has 4 N–H and O–H groups in total. The minimum Gasteiger partial charge on any atom is -0.341 e. The molecule has 0 radical (unpaired) electrons. The Balaban J connectivity index is 2.28. The van der Waals surface area contributed by atoms with Gasteiger partial charge in [0.05, 0.1) is 35.0 Å². The number of allylic oxidation sites excluding steroid dienone is 1. The Morgan fingerprint density at radius 3 is 2.68 bits per heavy atom. The summed E-state index contributed by atoms with van der Waals surface area (Å²) in [6.07, 6.45) is 1.72. The van der Waals surface area contributed by atoms with Gasteiger partial charge in [-0.15, -0.1) is 0 Å². The molecule has 1 atom stereocenters. The van der Waals surface area contributed by atoms with Crippen LogP contribution in [0.2, 0.25) is 5.02 Å². The molecule has 112 valence electrons. The third kappa shape index (κ3) is 2.27. The Hall–Kier alpha value is -2.29. The van der Waals surface area contributed by atoms with Crippen molar-refractivity contribution < 1.29 is 0 Å². The van der Waals surface area contributed by atoms with E-state index in [0.29, 0.717) is 16.3 Å². The first-order valence-corrected chi connectivity index (χ1v) is 7.29. The molecule has 0 amide bonds. The summed E-state index contributed by atoms with van der Waals surface area (Å²) < 4.78 is 0. The second-order valence-electron chi connectivity index (χ2n) is 5.90. The van der Waals surface area contributed by atoms with Crippen LogP contribution in [0.4, 0.5) is 5.82 Å². The van der Waals surface area contributed by atoms with Gasteiger partial charge in [0.2, 0.25) is 0 Å². The maximum absolute atomic E-state index is 9.73. The maximum atomic E-state index is 9.73. The van der Waals surface area contributed by atoms with Crippen LogP contribution in [0.25, 0.3) is 0 Å². The molecule has 0 aliphatic carbocycles. The Kier molecular flexibility index (Phi) is 3.44. The summed E-state index contributed by atoms with van der Waals surface area (Å²) in [7, 11) is 0. The SMILES string of the molecule is CC(C)(N)C1=C(C#N)C(c2ccccc2Cl)c2cn[nH]c2N1. The fourth-order valence-corrected chi connectivity index (χ4v) is 3.01. The van der Waals surface area contributed by atoms with Crippen molar-refractivity contribution >= 4 is 17.4 Å². The fraction of sp³-hybridized carbons (Fsp3) is 0.250. The molecule has 0 fully saturated rings. The number of hydrogen-bond acceptors (Lipinski definition) is 4. The highest BCUT2D eigenvalue weighted by atomic mass is 35.5. The molecule has 1 aromatic carbocycles. The zero-order valence-corrected chi connectivity index (χ0v) is 13.1. The van der Waals surface area contributed by atoms with Crippen LogP contribution >= 0.6 is 11.6 Å². The van der Waals surface area contributed by atoms with Gasteiger partial charge in [-0.1, -0.05) is 29.8 Å². The summed E-state index contributed by atoms with van der Waals surface area (Å²) in [5, 5.41) is 20.6. The second kappa shape index (κ2) is 5.16. The number of aromatic nitrogens is 2. The number of nitrogens with two attached hydrogens (primary N) is 1. The van der Waals surface area contributed by atoms with Gasteiger partial charge in [0.15, 0.2) is 0 Å². The molecule has 5 nitrogen and oxygen atoms in total. The van der Waals surface area contributed by atoms with Crippen molar-refractivity contribution in [3.05, 3.63) is 57.9 Å². The van der Waals surface area contributed by atoms with Crippen LogP contribution in [-0.2, 0) is 0 Å². The number of nitriles is 1. The van der Waals surface area contributed by atoms with E-state index in [9.17, 15) is 5.26 Å². The Labute approximate surface area is 133 Å². The van der Waals surface area contributed by atoms with E-state index >= 15 is 0 Å². The Morgan fingerprint density at radius 1 is 1.32 bits per heavy atom. The molecular weight excluding hydrogens is 298 g/mol. The highest BCUT2D eigenvalue weighted by Crippen LogP contribution is 2.44. The average molecular weight is 314 g/mol. The van der Waals surface area contributed by atoms with Crippen LogP contribution in [0.5, 0.6) is 0 Å². The summed E-state index contributed by atoms with van der Waals surface area (Å²) in [6.45, 7) is 3.72. The van der Waals surface area contributed by atoms with E-state index in [2.05, 4.69) is 21.6 Å². The fourth-order valence-electron chi connectivity index (χ4n) is 2.77. The second-order valence-corrected chi connectivity index (χ2v) is 6.31. The van der Waals surface area contributed by atoms with Crippen molar-refractivity contribution in [2.45, 2.75) is 25.3 Å². The van der Waals surface area contributed by atoms with Crippen molar-refractivity contribution in [1.29, 1.82) is 5.26 Å². The van der Waals surface area contributed by atoms with Crippen LogP contribution in [0, 0.1) is 11.3 Å². The normalized spacial score (nSPS) is 17.7. The van der Waals surface area contributed by atoms with E-state index < -0.39 is 5.54 Å². The molecule has 6 heteroatoms. The molecule has 1 aromatic heterocycles. The minimum atomic E-state index is -0.687. The number of aromatic amines is 1. The first-order chi connectivity index (χ1) is 10.4. The highest BCUT2D eigenvalue weighted by Gasteiger charge is 2.36. The third-order valence-corrected chi connectivity index (χ3v) is 4.11. The summed E-state index contributed by atoms with van der Waals surface area (Å²) in [6, 6.07) is 9.82. The van der Waals surface area contributed by atoms with Crippen LogP contribution in [0.3, 0.4) is 0 Å². The lowest BCUT2D eigenvalue weighted by Gasteiger charge is -2.33. The lowest BCUT2D eigenvalue weighted by Crippen LogP contribution is -2.40. The average Bonchev–Trinajstić information content (AvgIpc) is 2.93. The first kappa shape index (κ1) is 14.6. The van der Waals surface area contributed by atoms with Crippen molar-refractivity contribution in [3.63, 3.8) is 0 Å². The first-order valence-electron chi connectivity index (χ1n) is 6.92. The predicted octanol–water partition coefficient (Wildman–Crippen LogP) is 3.14. The number of hydrogen-bond donors (Lipinski definition) is 3. The summed E-state index contributed by atoms with van der Waals surface area (Å²) >= 11 is 6.36. The zero-order chi connectivity index (χ0) is 15.9. The lowest BCUT2D eigenvalue weighted by atomic mass is 9.80. The number of halogens is 1. The molecule has 0 saturated carbocycles. The lowest BCUT2D eigenvalue weighted by molar-refractivity contribution is 0.601. The maximum Gasteiger partial charge on any atom is 0.129 e. The third-order valence-electron chi connectivity index (χ3n) is 3.77. The van der Waals surface area contributed by atoms with E-state index in [0.717, 1.165) is 16.9 Å². The molecule has 1 aliphatic rings. The summed E-state index contributed by atoms with van der Waals surface area (Å²) in [5.74, 6) is 0.462. The molecule has 2 heterocycles. The van der Waals surface area contributed by atoms with Gasteiger partial charge in [0.25, 0.3) is 0 Å². The van der Waals surface area contributed by atoms with Gasteiger partial charge in [-0.25, -0.2) is 0 Å². The molecule has 1 aliphatic heterocycles. The van der Waals surface area contributed by atoms with E-state index in [1.54, 1.807) is 6.20 Å².